The van der Waals surface area contributed by atoms with Crippen LogP contribution in [0.3, 0.4) is 0 Å². The zero-order chi connectivity index (χ0) is 26.3. The molecule has 0 radical (unpaired) electrons. The summed E-state index contributed by atoms with van der Waals surface area (Å²) in [6, 6.07) is 32.5. The maximum Gasteiger partial charge on any atom is 0.135 e. The minimum absolute atomic E-state index is 0.920. The highest BCUT2D eigenvalue weighted by molar-refractivity contribution is 6.13. The maximum atomic E-state index is 6.27. The average Bonchev–Trinajstić information content (AvgIpc) is 3.45. The van der Waals surface area contributed by atoms with E-state index in [-0.39, 0.29) is 0 Å². The zero-order valence-electron chi connectivity index (χ0n) is 21.8. The van der Waals surface area contributed by atoms with Crippen LogP contribution >= 0.6 is 0 Å². The van der Waals surface area contributed by atoms with Gasteiger partial charge in [0.25, 0.3) is 0 Å². The first-order valence-corrected chi connectivity index (χ1v) is 13.5. The maximum absolute atomic E-state index is 6.27. The van der Waals surface area contributed by atoms with E-state index in [2.05, 4.69) is 122 Å². The standard InChI is InChI=1S/C38H28O/c1-3-29-30(4-2)38(33-18-12-11-17-32(33)37(29)26-15-9-6-10-16-26)28-19-21-31-27(23-28)20-22-35-34(31)24-36(39-35)25-13-7-5-8-14-25/h3-4,6-7,9-24H,1-2,5,8H2. The molecule has 1 heterocycles. The summed E-state index contributed by atoms with van der Waals surface area (Å²) in [4.78, 5) is 0. The van der Waals surface area contributed by atoms with E-state index in [1.807, 2.05) is 12.2 Å². The van der Waals surface area contributed by atoms with E-state index >= 15 is 0 Å². The van der Waals surface area contributed by atoms with E-state index in [9.17, 15) is 0 Å². The highest BCUT2D eigenvalue weighted by Gasteiger charge is 2.19. The fourth-order valence-electron chi connectivity index (χ4n) is 6.07. The van der Waals surface area contributed by atoms with Gasteiger partial charge in [-0.15, -0.1) is 0 Å². The quantitative estimate of drug-likeness (QED) is 0.229. The first kappa shape index (κ1) is 23.3. The Morgan fingerprint density at radius 2 is 1.33 bits per heavy atom. The number of allylic oxidation sites excluding steroid dienone is 4. The van der Waals surface area contributed by atoms with Crippen LogP contribution in [0.15, 0.2) is 127 Å². The second-order valence-electron chi connectivity index (χ2n) is 10.1. The summed E-state index contributed by atoms with van der Waals surface area (Å²) in [7, 11) is 0. The van der Waals surface area contributed by atoms with Crippen molar-refractivity contribution in [3.05, 3.63) is 139 Å². The zero-order valence-corrected chi connectivity index (χ0v) is 21.8. The van der Waals surface area contributed by atoms with Crippen LogP contribution in [0.5, 0.6) is 0 Å². The smallest absolute Gasteiger partial charge is 0.135 e. The number of rotatable bonds is 5. The Bertz CT molecular complexity index is 1980. The van der Waals surface area contributed by atoms with Crippen molar-refractivity contribution in [2.45, 2.75) is 12.8 Å². The number of hydrogen-bond donors (Lipinski definition) is 0. The molecular formula is C38H28O. The van der Waals surface area contributed by atoms with Crippen molar-refractivity contribution in [2.75, 3.05) is 0 Å². The topological polar surface area (TPSA) is 13.1 Å². The van der Waals surface area contributed by atoms with Crippen LogP contribution in [-0.4, -0.2) is 0 Å². The van der Waals surface area contributed by atoms with Crippen LogP contribution in [0.25, 0.3) is 72.5 Å². The van der Waals surface area contributed by atoms with Gasteiger partial charge in [0.1, 0.15) is 11.3 Å². The van der Waals surface area contributed by atoms with E-state index in [4.69, 9.17) is 4.42 Å². The molecule has 1 aliphatic rings. The molecule has 0 saturated heterocycles. The molecule has 1 heteroatoms. The lowest BCUT2D eigenvalue weighted by Crippen LogP contribution is -1.96. The van der Waals surface area contributed by atoms with Crippen LogP contribution in [0.2, 0.25) is 0 Å². The van der Waals surface area contributed by atoms with Crippen molar-refractivity contribution in [3.63, 3.8) is 0 Å². The van der Waals surface area contributed by atoms with Gasteiger partial charge in [-0.3, -0.25) is 0 Å². The average molecular weight is 501 g/mol. The van der Waals surface area contributed by atoms with Crippen molar-refractivity contribution in [1.29, 1.82) is 0 Å². The largest absolute Gasteiger partial charge is 0.456 e. The summed E-state index contributed by atoms with van der Waals surface area (Å²) in [6.07, 6.45) is 12.7. The molecule has 1 aromatic heterocycles. The van der Waals surface area contributed by atoms with Crippen molar-refractivity contribution in [1.82, 2.24) is 0 Å². The summed E-state index contributed by atoms with van der Waals surface area (Å²) in [5.74, 6) is 0.935. The lowest BCUT2D eigenvalue weighted by molar-refractivity contribution is 0.600. The van der Waals surface area contributed by atoms with Gasteiger partial charge in [0, 0.05) is 11.0 Å². The van der Waals surface area contributed by atoms with E-state index in [1.165, 1.54) is 43.8 Å². The third kappa shape index (κ3) is 3.78. The van der Waals surface area contributed by atoms with Gasteiger partial charge in [0.15, 0.2) is 0 Å². The SMILES string of the molecule is C=Cc1c(C=C)c(-c2ccc3c(ccc4oc(C5=CCCC=C5)cc43)c2)c2ccccc2c1-c1ccccc1. The van der Waals surface area contributed by atoms with Gasteiger partial charge in [-0.25, -0.2) is 0 Å². The van der Waals surface area contributed by atoms with Crippen molar-refractivity contribution in [2.24, 2.45) is 0 Å². The number of fused-ring (bicyclic) bond motifs is 4. The second-order valence-corrected chi connectivity index (χ2v) is 10.1. The Kier molecular flexibility index (Phi) is 5.64. The Morgan fingerprint density at radius 1 is 0.615 bits per heavy atom. The molecule has 0 bridgehead atoms. The molecule has 0 fully saturated rings. The Morgan fingerprint density at radius 3 is 2.03 bits per heavy atom. The summed E-state index contributed by atoms with van der Waals surface area (Å²) in [6.45, 7) is 8.47. The molecule has 5 aromatic carbocycles. The van der Waals surface area contributed by atoms with Crippen LogP contribution < -0.4 is 0 Å². The fourth-order valence-corrected chi connectivity index (χ4v) is 6.07. The number of hydrogen-bond acceptors (Lipinski definition) is 1. The predicted octanol–water partition coefficient (Wildman–Crippen LogP) is 11.1. The molecule has 7 rings (SSSR count). The summed E-state index contributed by atoms with van der Waals surface area (Å²) in [5, 5.41) is 5.95. The molecule has 6 aromatic rings. The molecule has 1 nitrogen and oxygen atoms in total. The highest BCUT2D eigenvalue weighted by atomic mass is 16.3. The van der Waals surface area contributed by atoms with Crippen molar-refractivity contribution in [3.8, 4) is 22.3 Å². The van der Waals surface area contributed by atoms with Crippen LogP contribution in [-0.2, 0) is 0 Å². The van der Waals surface area contributed by atoms with Gasteiger partial charge in [-0.2, -0.15) is 0 Å². The molecule has 0 N–H and O–H groups in total. The van der Waals surface area contributed by atoms with Gasteiger partial charge in [-0.05, 0) is 86.0 Å². The lowest BCUT2D eigenvalue weighted by Gasteiger charge is -2.20. The van der Waals surface area contributed by atoms with Crippen molar-refractivity contribution < 1.29 is 4.42 Å². The van der Waals surface area contributed by atoms with E-state index in [0.717, 1.165) is 46.3 Å². The highest BCUT2D eigenvalue weighted by Crippen LogP contribution is 2.44. The first-order valence-electron chi connectivity index (χ1n) is 13.5. The van der Waals surface area contributed by atoms with E-state index < -0.39 is 0 Å². The molecule has 0 spiro atoms. The third-order valence-electron chi connectivity index (χ3n) is 7.85. The molecule has 186 valence electrons. The van der Waals surface area contributed by atoms with Crippen LogP contribution in [0, 0.1) is 0 Å². The van der Waals surface area contributed by atoms with Crippen LogP contribution in [0.4, 0.5) is 0 Å². The molecule has 0 aliphatic heterocycles. The molecule has 0 unspecified atom stereocenters. The molecule has 0 saturated carbocycles. The molecule has 39 heavy (non-hydrogen) atoms. The second kappa shape index (κ2) is 9.45. The number of benzene rings is 5. The van der Waals surface area contributed by atoms with Crippen LogP contribution in [0.1, 0.15) is 29.7 Å². The van der Waals surface area contributed by atoms with Gasteiger partial charge in [0.2, 0.25) is 0 Å². The fraction of sp³-hybridized carbons (Fsp3) is 0.0526. The summed E-state index contributed by atoms with van der Waals surface area (Å²) >= 11 is 0. The summed E-state index contributed by atoms with van der Waals surface area (Å²) < 4.78 is 6.27. The monoisotopic (exact) mass is 500 g/mol. The molecule has 0 amide bonds. The Hall–Kier alpha value is -4.88. The molecular weight excluding hydrogens is 472 g/mol. The van der Waals surface area contributed by atoms with E-state index in [1.54, 1.807) is 0 Å². The normalized spacial score (nSPS) is 13.2. The van der Waals surface area contributed by atoms with E-state index in [0.29, 0.717) is 0 Å². The third-order valence-corrected chi connectivity index (χ3v) is 7.85. The number of furan rings is 1. The Balaban J connectivity index is 1.47. The minimum atomic E-state index is 0.920. The van der Waals surface area contributed by atoms with Gasteiger partial charge in [0.05, 0.1) is 0 Å². The minimum Gasteiger partial charge on any atom is -0.456 e. The molecule has 1 aliphatic carbocycles. The molecule has 0 atom stereocenters. The van der Waals surface area contributed by atoms with Crippen molar-refractivity contribution >= 4 is 50.2 Å². The lowest BCUT2D eigenvalue weighted by atomic mass is 9.83. The summed E-state index contributed by atoms with van der Waals surface area (Å²) in [5.41, 5.74) is 9.01. The first-order chi connectivity index (χ1) is 19.3. The van der Waals surface area contributed by atoms with Gasteiger partial charge >= 0.3 is 0 Å². The Labute approximate surface area is 228 Å². The van der Waals surface area contributed by atoms with Gasteiger partial charge < -0.3 is 4.42 Å². The predicted molar refractivity (Wildman–Crippen MR) is 169 cm³/mol. The van der Waals surface area contributed by atoms with Gasteiger partial charge in [-0.1, -0.05) is 116 Å².